The zero-order chi connectivity index (χ0) is 16.7. The standard InChI is InChI=1S/C16H22N4O2S/c1-11-6-7-13(12(2)9-11)18-14(21)10-23-16-20-19-15(22-16)5-3-4-8-17/h6-7,9H,3-5,8,10,17H2,1-2H3,(H,18,21). The maximum Gasteiger partial charge on any atom is 0.277 e. The largest absolute Gasteiger partial charge is 0.416 e. The number of nitrogens with zero attached hydrogens (tertiary/aromatic N) is 2. The number of nitrogens with one attached hydrogen (secondary N) is 1. The molecule has 1 heterocycles. The molecule has 6 nitrogen and oxygen atoms in total. The van der Waals surface area contributed by atoms with E-state index in [9.17, 15) is 4.79 Å². The van der Waals surface area contributed by atoms with Gasteiger partial charge in [0.05, 0.1) is 5.75 Å². The highest BCUT2D eigenvalue weighted by Crippen LogP contribution is 2.19. The van der Waals surface area contributed by atoms with Crippen LogP contribution in [0.25, 0.3) is 0 Å². The molecule has 0 saturated heterocycles. The fraction of sp³-hybridized carbons (Fsp3) is 0.438. The van der Waals surface area contributed by atoms with E-state index >= 15 is 0 Å². The smallest absolute Gasteiger partial charge is 0.277 e. The first-order chi connectivity index (χ1) is 11.1. The minimum absolute atomic E-state index is 0.0927. The number of unbranched alkanes of at least 4 members (excludes halogenated alkanes) is 1. The number of nitrogens with two attached hydrogens (primary N) is 1. The van der Waals surface area contributed by atoms with Gasteiger partial charge >= 0.3 is 0 Å². The van der Waals surface area contributed by atoms with E-state index in [1.165, 1.54) is 17.3 Å². The van der Waals surface area contributed by atoms with Crippen LogP contribution in [0.15, 0.2) is 27.8 Å². The Kier molecular flexibility index (Phi) is 6.61. The molecule has 0 fully saturated rings. The molecule has 0 aliphatic rings. The van der Waals surface area contributed by atoms with Crippen LogP contribution in [0.5, 0.6) is 0 Å². The second-order valence-electron chi connectivity index (χ2n) is 5.36. The van der Waals surface area contributed by atoms with E-state index in [2.05, 4.69) is 15.5 Å². The van der Waals surface area contributed by atoms with Crippen molar-refractivity contribution < 1.29 is 9.21 Å². The molecular weight excluding hydrogens is 312 g/mol. The summed E-state index contributed by atoms with van der Waals surface area (Å²) in [5.41, 5.74) is 8.49. The summed E-state index contributed by atoms with van der Waals surface area (Å²) in [6.45, 7) is 4.66. The van der Waals surface area contributed by atoms with Gasteiger partial charge in [-0.25, -0.2) is 0 Å². The van der Waals surface area contributed by atoms with Gasteiger partial charge < -0.3 is 15.5 Å². The molecule has 2 rings (SSSR count). The zero-order valence-electron chi connectivity index (χ0n) is 13.5. The van der Waals surface area contributed by atoms with Crippen molar-refractivity contribution >= 4 is 23.4 Å². The third-order valence-corrected chi connectivity index (χ3v) is 4.09. The Hall–Kier alpha value is -1.86. The zero-order valence-corrected chi connectivity index (χ0v) is 14.3. The van der Waals surface area contributed by atoms with Crippen LogP contribution in [0.2, 0.25) is 0 Å². The van der Waals surface area contributed by atoms with E-state index in [-0.39, 0.29) is 11.7 Å². The van der Waals surface area contributed by atoms with Crippen molar-refractivity contribution in [3.05, 3.63) is 35.2 Å². The van der Waals surface area contributed by atoms with E-state index in [0.717, 1.165) is 30.5 Å². The summed E-state index contributed by atoms with van der Waals surface area (Å²) < 4.78 is 5.49. The van der Waals surface area contributed by atoms with Crippen molar-refractivity contribution in [2.45, 2.75) is 38.3 Å². The van der Waals surface area contributed by atoms with Crippen LogP contribution in [-0.4, -0.2) is 28.4 Å². The minimum atomic E-state index is -0.0927. The lowest BCUT2D eigenvalue weighted by molar-refractivity contribution is -0.113. The Bertz CT molecular complexity index is 657. The van der Waals surface area contributed by atoms with Gasteiger partial charge in [0.1, 0.15) is 0 Å². The fourth-order valence-electron chi connectivity index (χ4n) is 2.09. The molecule has 3 N–H and O–H groups in total. The highest BCUT2D eigenvalue weighted by atomic mass is 32.2. The Morgan fingerprint density at radius 3 is 2.87 bits per heavy atom. The molecule has 1 aromatic carbocycles. The summed E-state index contributed by atoms with van der Waals surface area (Å²) in [5, 5.41) is 11.2. The van der Waals surface area contributed by atoms with E-state index in [0.29, 0.717) is 17.7 Å². The predicted molar refractivity (Wildman–Crippen MR) is 91.6 cm³/mol. The second kappa shape index (κ2) is 8.69. The van der Waals surface area contributed by atoms with Crippen molar-refractivity contribution in [3.8, 4) is 0 Å². The molecule has 0 aliphatic carbocycles. The van der Waals surface area contributed by atoms with Crippen LogP contribution >= 0.6 is 11.8 Å². The summed E-state index contributed by atoms with van der Waals surface area (Å²) in [7, 11) is 0. The second-order valence-corrected chi connectivity index (χ2v) is 6.29. The van der Waals surface area contributed by atoms with Crippen LogP contribution in [0.1, 0.15) is 29.9 Å². The lowest BCUT2D eigenvalue weighted by Crippen LogP contribution is -2.14. The van der Waals surface area contributed by atoms with Crippen LogP contribution in [-0.2, 0) is 11.2 Å². The molecule has 1 aromatic heterocycles. The first-order valence-electron chi connectivity index (χ1n) is 7.61. The van der Waals surface area contributed by atoms with Crippen LogP contribution in [0.3, 0.4) is 0 Å². The monoisotopic (exact) mass is 334 g/mol. The van der Waals surface area contributed by atoms with Crippen molar-refractivity contribution in [2.75, 3.05) is 17.6 Å². The molecule has 0 spiro atoms. The Labute approximate surface area is 140 Å². The molecule has 2 aromatic rings. The van der Waals surface area contributed by atoms with Gasteiger partial charge in [0.15, 0.2) is 0 Å². The van der Waals surface area contributed by atoms with Gasteiger partial charge in [-0.1, -0.05) is 29.5 Å². The number of benzene rings is 1. The van der Waals surface area contributed by atoms with Crippen molar-refractivity contribution in [1.82, 2.24) is 10.2 Å². The lowest BCUT2D eigenvalue weighted by Gasteiger charge is -2.08. The first kappa shape index (κ1) is 17.5. The van der Waals surface area contributed by atoms with Gasteiger partial charge in [0, 0.05) is 12.1 Å². The fourth-order valence-corrected chi connectivity index (χ4v) is 2.67. The van der Waals surface area contributed by atoms with Gasteiger partial charge in [-0.05, 0) is 44.9 Å². The van der Waals surface area contributed by atoms with E-state index in [4.69, 9.17) is 10.2 Å². The van der Waals surface area contributed by atoms with Crippen molar-refractivity contribution in [3.63, 3.8) is 0 Å². The van der Waals surface area contributed by atoms with Crippen LogP contribution in [0, 0.1) is 13.8 Å². The lowest BCUT2D eigenvalue weighted by atomic mass is 10.1. The molecule has 0 saturated carbocycles. The maximum absolute atomic E-state index is 12.0. The normalized spacial score (nSPS) is 10.7. The van der Waals surface area contributed by atoms with Crippen LogP contribution < -0.4 is 11.1 Å². The molecular formula is C16H22N4O2S. The summed E-state index contributed by atoms with van der Waals surface area (Å²) in [6, 6.07) is 5.92. The highest BCUT2D eigenvalue weighted by Gasteiger charge is 2.10. The SMILES string of the molecule is Cc1ccc(NC(=O)CSc2nnc(CCCCN)o2)c(C)c1. The predicted octanol–water partition coefficient (Wildman–Crippen LogP) is 2.70. The molecule has 0 unspecified atom stereocenters. The van der Waals surface area contributed by atoms with Gasteiger partial charge in [0.25, 0.3) is 5.22 Å². The number of anilines is 1. The molecule has 23 heavy (non-hydrogen) atoms. The van der Waals surface area contributed by atoms with Gasteiger partial charge in [-0.3, -0.25) is 4.79 Å². The number of hydrogen-bond acceptors (Lipinski definition) is 6. The average molecular weight is 334 g/mol. The quantitative estimate of drug-likeness (QED) is 0.569. The third-order valence-electron chi connectivity index (χ3n) is 3.28. The molecule has 124 valence electrons. The van der Waals surface area contributed by atoms with Gasteiger partial charge in [-0.15, -0.1) is 10.2 Å². The number of carbonyl (C=O) groups is 1. The van der Waals surface area contributed by atoms with E-state index in [1.54, 1.807) is 0 Å². The number of hydrogen-bond donors (Lipinski definition) is 2. The summed E-state index contributed by atoms with van der Waals surface area (Å²) in [4.78, 5) is 12.0. The number of rotatable bonds is 8. The third kappa shape index (κ3) is 5.69. The molecule has 0 atom stereocenters. The van der Waals surface area contributed by atoms with E-state index < -0.39 is 0 Å². The van der Waals surface area contributed by atoms with Gasteiger partial charge in [0.2, 0.25) is 11.8 Å². The minimum Gasteiger partial charge on any atom is -0.416 e. The van der Waals surface area contributed by atoms with E-state index in [1.807, 2.05) is 32.0 Å². The molecule has 0 radical (unpaired) electrons. The highest BCUT2D eigenvalue weighted by molar-refractivity contribution is 7.99. The first-order valence-corrected chi connectivity index (χ1v) is 8.59. The molecule has 7 heteroatoms. The van der Waals surface area contributed by atoms with Crippen molar-refractivity contribution in [2.24, 2.45) is 5.73 Å². The molecule has 0 aliphatic heterocycles. The average Bonchev–Trinajstić information content (AvgIpc) is 2.96. The van der Waals surface area contributed by atoms with Crippen molar-refractivity contribution in [1.29, 1.82) is 0 Å². The topological polar surface area (TPSA) is 94.0 Å². The number of carbonyl (C=O) groups excluding carboxylic acids is 1. The molecule has 0 bridgehead atoms. The maximum atomic E-state index is 12.0. The Morgan fingerprint density at radius 1 is 1.30 bits per heavy atom. The summed E-state index contributed by atoms with van der Waals surface area (Å²) in [6.07, 6.45) is 2.58. The van der Waals surface area contributed by atoms with Gasteiger partial charge in [-0.2, -0.15) is 0 Å². The summed E-state index contributed by atoms with van der Waals surface area (Å²) >= 11 is 1.24. The molecule has 1 amide bonds. The number of amides is 1. The summed E-state index contributed by atoms with van der Waals surface area (Å²) in [5.74, 6) is 0.734. The Morgan fingerprint density at radius 2 is 2.13 bits per heavy atom. The number of aromatic nitrogens is 2. The Balaban J connectivity index is 1.80. The number of aryl methyl sites for hydroxylation is 3. The number of thioether (sulfide) groups is 1. The van der Waals surface area contributed by atoms with Crippen LogP contribution in [0.4, 0.5) is 5.69 Å².